The van der Waals surface area contributed by atoms with Crippen LogP contribution in [0.5, 0.6) is 0 Å². The van der Waals surface area contributed by atoms with Gasteiger partial charge in [0, 0.05) is 26.2 Å². The van der Waals surface area contributed by atoms with Crippen molar-refractivity contribution < 1.29 is 13.2 Å². The molecule has 0 aromatic rings. The number of rotatable bonds is 9. The predicted octanol–water partition coefficient (Wildman–Crippen LogP) is 0.567. The van der Waals surface area contributed by atoms with E-state index in [1.807, 2.05) is 6.92 Å². The Kier molecular flexibility index (Phi) is 7.98. The number of ether oxygens (including phenoxy) is 1. The van der Waals surface area contributed by atoms with Crippen molar-refractivity contribution in [3.8, 4) is 0 Å². The molecule has 1 fully saturated rings. The van der Waals surface area contributed by atoms with E-state index in [2.05, 4.69) is 17.0 Å². The molecule has 120 valence electrons. The molecular weight excluding hydrogens is 278 g/mol. The summed E-state index contributed by atoms with van der Waals surface area (Å²) in [5, 5.41) is 3.30. The van der Waals surface area contributed by atoms with Crippen LogP contribution in [-0.2, 0) is 14.9 Å². The van der Waals surface area contributed by atoms with E-state index < -0.39 is 10.2 Å². The van der Waals surface area contributed by atoms with Gasteiger partial charge in [0.2, 0.25) is 0 Å². The Morgan fingerprint density at radius 1 is 1.40 bits per heavy atom. The van der Waals surface area contributed by atoms with Crippen molar-refractivity contribution in [1.29, 1.82) is 0 Å². The molecule has 1 aliphatic rings. The maximum Gasteiger partial charge on any atom is 0.279 e. The van der Waals surface area contributed by atoms with Gasteiger partial charge in [-0.3, -0.25) is 0 Å². The van der Waals surface area contributed by atoms with Crippen molar-refractivity contribution in [1.82, 2.24) is 14.3 Å². The maximum absolute atomic E-state index is 12.4. The number of piperidine rings is 1. The van der Waals surface area contributed by atoms with Crippen LogP contribution in [0.25, 0.3) is 0 Å². The van der Waals surface area contributed by atoms with Crippen molar-refractivity contribution in [3.63, 3.8) is 0 Å². The summed E-state index contributed by atoms with van der Waals surface area (Å²) in [7, 11) is -1.81. The van der Waals surface area contributed by atoms with Crippen LogP contribution in [0.15, 0.2) is 0 Å². The van der Waals surface area contributed by atoms with E-state index in [-0.39, 0.29) is 6.04 Å². The Bertz CT molecular complexity index is 362. The largest absolute Gasteiger partial charge is 0.383 e. The molecule has 0 saturated carbocycles. The third-order valence-corrected chi connectivity index (χ3v) is 5.32. The second kappa shape index (κ2) is 8.94. The van der Waals surface area contributed by atoms with Crippen molar-refractivity contribution in [2.24, 2.45) is 5.92 Å². The molecule has 0 aliphatic carbocycles. The van der Waals surface area contributed by atoms with E-state index in [0.717, 1.165) is 32.4 Å². The van der Waals surface area contributed by atoms with Gasteiger partial charge < -0.3 is 10.1 Å². The normalized spacial score (nSPS) is 22.9. The lowest BCUT2D eigenvalue weighted by Gasteiger charge is -2.33. The molecule has 0 aromatic carbocycles. The Morgan fingerprint density at radius 2 is 2.15 bits per heavy atom. The van der Waals surface area contributed by atoms with Crippen LogP contribution in [-0.4, -0.2) is 58.7 Å². The number of hydrogen-bond acceptors (Lipinski definition) is 4. The van der Waals surface area contributed by atoms with Gasteiger partial charge in [-0.05, 0) is 38.3 Å². The molecule has 1 aliphatic heterocycles. The van der Waals surface area contributed by atoms with Crippen LogP contribution in [0.1, 0.15) is 33.1 Å². The minimum atomic E-state index is -3.40. The number of hydrogen-bond donors (Lipinski definition) is 2. The lowest BCUT2D eigenvalue weighted by molar-refractivity contribution is 0.171. The molecule has 1 rings (SSSR count). The summed E-state index contributed by atoms with van der Waals surface area (Å²) in [5.41, 5.74) is 0. The van der Waals surface area contributed by atoms with Crippen LogP contribution in [0.4, 0.5) is 0 Å². The topological polar surface area (TPSA) is 70.7 Å². The first kappa shape index (κ1) is 17.8. The highest BCUT2D eigenvalue weighted by Crippen LogP contribution is 2.18. The van der Waals surface area contributed by atoms with Crippen LogP contribution in [0, 0.1) is 5.92 Å². The molecule has 20 heavy (non-hydrogen) atoms. The van der Waals surface area contributed by atoms with Crippen LogP contribution < -0.4 is 10.0 Å². The Morgan fingerprint density at radius 3 is 2.75 bits per heavy atom. The van der Waals surface area contributed by atoms with Crippen molar-refractivity contribution in [2.75, 3.05) is 39.9 Å². The number of nitrogens with one attached hydrogen (secondary N) is 2. The highest BCUT2D eigenvalue weighted by Gasteiger charge is 2.29. The third kappa shape index (κ3) is 5.65. The molecule has 2 unspecified atom stereocenters. The standard InChI is InChI=1S/C13H29N3O3S/c1-4-13(11-19-3)15-20(17,18)16-8-6-7-12(10-16)9-14-5-2/h12-15H,4-11H2,1-3H3. The highest BCUT2D eigenvalue weighted by molar-refractivity contribution is 7.87. The fourth-order valence-electron chi connectivity index (χ4n) is 2.48. The third-order valence-electron chi connectivity index (χ3n) is 3.68. The zero-order chi connectivity index (χ0) is 15.0. The minimum absolute atomic E-state index is 0.154. The van der Waals surface area contributed by atoms with Gasteiger partial charge in [0.15, 0.2) is 0 Å². The molecule has 7 heteroatoms. The zero-order valence-corrected chi connectivity index (χ0v) is 13.7. The fraction of sp³-hybridized carbons (Fsp3) is 1.00. The SMILES string of the molecule is CCNCC1CCCN(S(=O)(=O)NC(CC)COC)C1. The van der Waals surface area contributed by atoms with Gasteiger partial charge in [0.05, 0.1) is 6.61 Å². The van der Waals surface area contributed by atoms with Crippen LogP contribution in [0.3, 0.4) is 0 Å². The van der Waals surface area contributed by atoms with Gasteiger partial charge in [-0.1, -0.05) is 13.8 Å². The summed E-state index contributed by atoms with van der Waals surface area (Å²) < 4.78 is 34.1. The second-order valence-corrected chi connectivity index (χ2v) is 7.06. The van der Waals surface area contributed by atoms with Gasteiger partial charge in [0.1, 0.15) is 0 Å². The second-order valence-electron chi connectivity index (χ2n) is 5.36. The molecular formula is C13H29N3O3S. The van der Waals surface area contributed by atoms with Gasteiger partial charge in [-0.15, -0.1) is 0 Å². The van der Waals surface area contributed by atoms with Crippen molar-refractivity contribution >= 4 is 10.2 Å². The molecule has 1 heterocycles. The number of nitrogens with zero attached hydrogens (tertiary/aromatic N) is 1. The van der Waals surface area contributed by atoms with Crippen molar-refractivity contribution in [2.45, 2.75) is 39.2 Å². The van der Waals surface area contributed by atoms with E-state index in [1.54, 1.807) is 11.4 Å². The van der Waals surface area contributed by atoms with Gasteiger partial charge in [0.25, 0.3) is 10.2 Å². The number of methoxy groups -OCH3 is 1. The summed E-state index contributed by atoms with van der Waals surface area (Å²) in [6, 6.07) is -0.154. The highest BCUT2D eigenvalue weighted by atomic mass is 32.2. The Hall–Kier alpha value is -0.210. The predicted molar refractivity (Wildman–Crippen MR) is 80.9 cm³/mol. The van der Waals surface area contributed by atoms with Crippen molar-refractivity contribution in [3.05, 3.63) is 0 Å². The summed E-state index contributed by atoms with van der Waals surface area (Å²) in [5.74, 6) is 0.405. The molecule has 0 radical (unpaired) electrons. The van der Waals surface area contributed by atoms with E-state index >= 15 is 0 Å². The lowest BCUT2D eigenvalue weighted by Crippen LogP contribution is -2.50. The first-order chi connectivity index (χ1) is 9.53. The smallest absolute Gasteiger partial charge is 0.279 e. The van der Waals surface area contributed by atoms with E-state index in [9.17, 15) is 8.42 Å². The van der Waals surface area contributed by atoms with E-state index in [1.165, 1.54) is 0 Å². The summed E-state index contributed by atoms with van der Waals surface area (Å²) >= 11 is 0. The van der Waals surface area contributed by atoms with E-state index in [0.29, 0.717) is 25.6 Å². The Labute approximate surface area is 123 Å². The zero-order valence-electron chi connectivity index (χ0n) is 12.9. The molecule has 0 bridgehead atoms. The molecule has 0 spiro atoms. The average molecular weight is 307 g/mol. The first-order valence-corrected chi connectivity index (χ1v) is 8.94. The minimum Gasteiger partial charge on any atom is -0.383 e. The van der Waals surface area contributed by atoms with Gasteiger partial charge in [-0.2, -0.15) is 17.4 Å². The molecule has 2 atom stereocenters. The van der Waals surface area contributed by atoms with Gasteiger partial charge >= 0.3 is 0 Å². The maximum atomic E-state index is 12.4. The molecule has 2 N–H and O–H groups in total. The monoisotopic (exact) mass is 307 g/mol. The van der Waals surface area contributed by atoms with Crippen LogP contribution >= 0.6 is 0 Å². The molecule has 0 aromatic heterocycles. The summed E-state index contributed by atoms with van der Waals surface area (Å²) in [6.07, 6.45) is 2.74. The lowest BCUT2D eigenvalue weighted by atomic mass is 10.00. The van der Waals surface area contributed by atoms with Crippen LogP contribution in [0.2, 0.25) is 0 Å². The summed E-state index contributed by atoms with van der Waals surface area (Å²) in [6.45, 7) is 7.45. The summed E-state index contributed by atoms with van der Waals surface area (Å²) in [4.78, 5) is 0. The molecule has 1 saturated heterocycles. The molecule has 0 amide bonds. The first-order valence-electron chi connectivity index (χ1n) is 7.50. The molecule has 6 nitrogen and oxygen atoms in total. The van der Waals surface area contributed by atoms with E-state index in [4.69, 9.17) is 4.74 Å². The quantitative estimate of drug-likeness (QED) is 0.653. The fourth-order valence-corrected chi connectivity index (χ4v) is 4.06. The van der Waals surface area contributed by atoms with Gasteiger partial charge in [-0.25, -0.2) is 0 Å². The average Bonchev–Trinajstić information content (AvgIpc) is 2.44. The Balaban J connectivity index is 2.57.